The molecule has 2 aromatic carbocycles. The number of aliphatic hydroxyl groups excluding tert-OH is 1. The number of nitrogens with one attached hydrogen (secondary N) is 1. The SMILES string of the molecule is CCn1c(C2=C(O)CN(Cc3ccccc3OC)C2=N)nc2ccccc21. The molecule has 0 atom stereocenters. The van der Waals surface area contributed by atoms with E-state index in [9.17, 15) is 5.11 Å². The fourth-order valence-electron chi connectivity index (χ4n) is 3.63. The second-order valence-corrected chi connectivity index (χ2v) is 6.51. The van der Waals surface area contributed by atoms with Crippen molar-refractivity contribution in [2.45, 2.75) is 20.0 Å². The van der Waals surface area contributed by atoms with E-state index in [0.29, 0.717) is 31.0 Å². The van der Waals surface area contributed by atoms with Crippen LogP contribution in [0.4, 0.5) is 0 Å². The molecule has 1 aliphatic rings. The Balaban J connectivity index is 1.69. The molecule has 0 fully saturated rings. The summed E-state index contributed by atoms with van der Waals surface area (Å²) >= 11 is 0. The third kappa shape index (κ3) is 2.83. The number of aryl methyl sites for hydroxylation is 1. The minimum atomic E-state index is 0.180. The lowest BCUT2D eigenvalue weighted by Crippen LogP contribution is -2.26. The molecule has 2 N–H and O–H groups in total. The van der Waals surface area contributed by atoms with Crippen LogP contribution in [0.1, 0.15) is 18.3 Å². The fraction of sp³-hybridized carbons (Fsp3) is 0.238. The van der Waals surface area contributed by atoms with Crippen molar-refractivity contribution in [3.8, 4) is 5.75 Å². The average Bonchev–Trinajstić information content (AvgIpc) is 3.18. The van der Waals surface area contributed by atoms with Crippen LogP contribution in [0.15, 0.2) is 54.3 Å². The summed E-state index contributed by atoms with van der Waals surface area (Å²) in [5.41, 5.74) is 3.35. The van der Waals surface area contributed by atoms with Crippen molar-refractivity contribution < 1.29 is 9.84 Å². The average molecular weight is 362 g/mol. The molecule has 1 aromatic heterocycles. The molecule has 0 spiro atoms. The second kappa shape index (κ2) is 6.79. The first kappa shape index (κ1) is 17.1. The van der Waals surface area contributed by atoms with Crippen molar-refractivity contribution in [2.24, 2.45) is 0 Å². The molecule has 0 saturated carbocycles. The Kier molecular flexibility index (Phi) is 4.32. The number of methoxy groups -OCH3 is 1. The first-order chi connectivity index (χ1) is 13.1. The molecule has 6 nitrogen and oxygen atoms in total. The van der Waals surface area contributed by atoms with Gasteiger partial charge in [-0.3, -0.25) is 5.41 Å². The van der Waals surface area contributed by atoms with Gasteiger partial charge in [0.2, 0.25) is 0 Å². The number of fused-ring (bicyclic) bond motifs is 1. The van der Waals surface area contributed by atoms with Gasteiger partial charge < -0.3 is 19.3 Å². The number of imidazole rings is 1. The lowest BCUT2D eigenvalue weighted by molar-refractivity contribution is 0.341. The molecule has 0 aliphatic carbocycles. The maximum Gasteiger partial charge on any atom is 0.148 e. The maximum absolute atomic E-state index is 10.6. The number of ether oxygens (including phenoxy) is 1. The molecule has 0 bridgehead atoms. The molecule has 138 valence electrons. The molecule has 27 heavy (non-hydrogen) atoms. The summed E-state index contributed by atoms with van der Waals surface area (Å²) < 4.78 is 7.46. The van der Waals surface area contributed by atoms with Crippen molar-refractivity contribution in [3.63, 3.8) is 0 Å². The van der Waals surface area contributed by atoms with Gasteiger partial charge in [-0.25, -0.2) is 4.98 Å². The number of amidine groups is 1. The normalized spacial score (nSPS) is 14.4. The van der Waals surface area contributed by atoms with Gasteiger partial charge in [-0.1, -0.05) is 30.3 Å². The summed E-state index contributed by atoms with van der Waals surface area (Å²) in [6.45, 7) is 3.54. The number of aliphatic hydroxyl groups is 1. The van der Waals surface area contributed by atoms with Gasteiger partial charge in [-0.15, -0.1) is 0 Å². The van der Waals surface area contributed by atoms with Crippen LogP contribution >= 0.6 is 0 Å². The molecule has 1 aliphatic heterocycles. The molecule has 0 unspecified atom stereocenters. The lowest BCUT2D eigenvalue weighted by atomic mass is 10.2. The first-order valence-electron chi connectivity index (χ1n) is 8.97. The van der Waals surface area contributed by atoms with Crippen LogP contribution in [0.2, 0.25) is 0 Å². The predicted molar refractivity (Wildman–Crippen MR) is 106 cm³/mol. The van der Waals surface area contributed by atoms with E-state index in [0.717, 1.165) is 22.3 Å². The van der Waals surface area contributed by atoms with Gasteiger partial charge in [0.25, 0.3) is 0 Å². The molecule has 6 heteroatoms. The van der Waals surface area contributed by atoms with E-state index < -0.39 is 0 Å². The van der Waals surface area contributed by atoms with E-state index >= 15 is 0 Å². The highest BCUT2D eigenvalue weighted by molar-refractivity contribution is 6.23. The Morgan fingerprint density at radius 2 is 1.89 bits per heavy atom. The molecule has 4 rings (SSSR count). The van der Waals surface area contributed by atoms with Crippen LogP contribution in [-0.2, 0) is 13.1 Å². The molecule has 0 radical (unpaired) electrons. The number of aromatic nitrogens is 2. The number of nitrogens with zero attached hydrogens (tertiary/aromatic N) is 3. The molecule has 3 aromatic rings. The van der Waals surface area contributed by atoms with Crippen LogP contribution in [0.5, 0.6) is 5.75 Å². The quantitative estimate of drug-likeness (QED) is 0.723. The molecule has 0 saturated heterocycles. The second-order valence-electron chi connectivity index (χ2n) is 6.51. The van der Waals surface area contributed by atoms with Gasteiger partial charge in [-0.2, -0.15) is 0 Å². The summed E-state index contributed by atoms with van der Waals surface area (Å²) in [5, 5.41) is 19.3. The Labute approximate surface area is 157 Å². The highest BCUT2D eigenvalue weighted by Crippen LogP contribution is 2.31. The minimum absolute atomic E-state index is 0.180. The number of para-hydroxylation sites is 3. The van der Waals surface area contributed by atoms with Crippen molar-refractivity contribution in [1.82, 2.24) is 14.5 Å². The number of rotatable bonds is 5. The van der Waals surface area contributed by atoms with E-state index in [4.69, 9.17) is 15.1 Å². The van der Waals surface area contributed by atoms with Crippen molar-refractivity contribution >= 4 is 22.4 Å². The van der Waals surface area contributed by atoms with Gasteiger partial charge >= 0.3 is 0 Å². The van der Waals surface area contributed by atoms with Crippen LogP contribution in [0.3, 0.4) is 0 Å². The zero-order chi connectivity index (χ0) is 19.0. The van der Waals surface area contributed by atoms with E-state index in [2.05, 4.69) is 0 Å². The highest BCUT2D eigenvalue weighted by Gasteiger charge is 2.32. The predicted octanol–water partition coefficient (Wildman–Crippen LogP) is 3.83. The van der Waals surface area contributed by atoms with Gasteiger partial charge in [0, 0.05) is 18.7 Å². The Hall–Kier alpha value is -3.28. The smallest absolute Gasteiger partial charge is 0.148 e. The molecule has 2 heterocycles. The van der Waals surface area contributed by atoms with Crippen LogP contribution in [0, 0.1) is 5.41 Å². The fourth-order valence-corrected chi connectivity index (χ4v) is 3.63. The molecular formula is C21H22N4O2. The van der Waals surface area contributed by atoms with E-state index in [1.165, 1.54) is 0 Å². The Morgan fingerprint density at radius 1 is 1.15 bits per heavy atom. The van der Waals surface area contributed by atoms with E-state index in [1.54, 1.807) is 7.11 Å². The Bertz CT molecular complexity index is 1050. The summed E-state index contributed by atoms with van der Waals surface area (Å²) in [7, 11) is 1.64. The standard InChI is InChI=1S/C21H22N4O2/c1-3-25-16-10-6-5-9-15(16)23-21(25)19-17(26)13-24(20(19)22)12-14-8-4-7-11-18(14)27-2/h4-11,22,26H,3,12-13H2,1-2H3. The third-order valence-electron chi connectivity index (χ3n) is 4.93. The van der Waals surface area contributed by atoms with Crippen molar-refractivity contribution in [1.29, 1.82) is 5.41 Å². The van der Waals surface area contributed by atoms with E-state index in [1.807, 2.05) is 64.9 Å². The first-order valence-corrected chi connectivity index (χ1v) is 8.97. The summed E-state index contributed by atoms with van der Waals surface area (Å²) in [6, 6.07) is 15.6. The number of benzene rings is 2. The highest BCUT2D eigenvalue weighted by atomic mass is 16.5. The van der Waals surface area contributed by atoms with Gasteiger partial charge in [0.15, 0.2) is 0 Å². The van der Waals surface area contributed by atoms with Crippen LogP contribution in [0.25, 0.3) is 16.6 Å². The summed E-state index contributed by atoms with van der Waals surface area (Å²) in [4.78, 5) is 6.53. The minimum Gasteiger partial charge on any atom is -0.510 e. The Morgan fingerprint density at radius 3 is 2.67 bits per heavy atom. The van der Waals surface area contributed by atoms with Crippen LogP contribution in [-0.4, -0.2) is 39.0 Å². The van der Waals surface area contributed by atoms with Crippen molar-refractivity contribution in [3.05, 3.63) is 65.7 Å². The van der Waals surface area contributed by atoms with E-state index in [-0.39, 0.29) is 11.6 Å². The maximum atomic E-state index is 10.6. The lowest BCUT2D eigenvalue weighted by Gasteiger charge is -2.20. The monoisotopic (exact) mass is 362 g/mol. The van der Waals surface area contributed by atoms with Gasteiger partial charge in [0.05, 0.1) is 30.3 Å². The van der Waals surface area contributed by atoms with Gasteiger partial charge in [-0.05, 0) is 25.1 Å². The zero-order valence-corrected chi connectivity index (χ0v) is 15.4. The van der Waals surface area contributed by atoms with Crippen molar-refractivity contribution in [2.75, 3.05) is 13.7 Å². The summed E-state index contributed by atoms with van der Waals surface area (Å²) in [5.74, 6) is 1.88. The summed E-state index contributed by atoms with van der Waals surface area (Å²) in [6.07, 6.45) is 0. The molecule has 0 amide bonds. The zero-order valence-electron chi connectivity index (χ0n) is 15.4. The topological polar surface area (TPSA) is 74.4 Å². The van der Waals surface area contributed by atoms with Gasteiger partial charge in [0.1, 0.15) is 23.2 Å². The molecular weight excluding hydrogens is 340 g/mol. The largest absolute Gasteiger partial charge is 0.510 e. The number of hydrogen-bond donors (Lipinski definition) is 2. The van der Waals surface area contributed by atoms with Crippen LogP contribution < -0.4 is 4.74 Å². The number of hydrogen-bond acceptors (Lipinski definition) is 4. The third-order valence-corrected chi connectivity index (χ3v) is 4.93.